The van der Waals surface area contributed by atoms with Crippen molar-refractivity contribution >= 4 is 35.6 Å². The highest BCUT2D eigenvalue weighted by molar-refractivity contribution is 5.98. The van der Waals surface area contributed by atoms with E-state index in [1.165, 1.54) is 0 Å². The van der Waals surface area contributed by atoms with E-state index in [4.69, 9.17) is 9.47 Å². The summed E-state index contributed by atoms with van der Waals surface area (Å²) in [6.45, 7) is 6.03. The second-order valence-electron chi connectivity index (χ2n) is 11.6. The maximum atomic E-state index is 13.6. The predicted octanol–water partition coefficient (Wildman–Crippen LogP) is 3.67. The quantitative estimate of drug-likeness (QED) is 0.167. The number of carboxylic acid groups (broad SMARTS) is 1. The fraction of sp³-hybridized carbons (Fsp3) is 0.333. The average Bonchev–Trinajstić information content (AvgIpc) is 3.05. The van der Waals surface area contributed by atoms with Crippen LogP contribution in [0, 0.1) is 19.8 Å². The van der Waals surface area contributed by atoms with Gasteiger partial charge in [-0.3, -0.25) is 19.2 Å². The minimum Gasteiger partial charge on any atom is -0.481 e. The smallest absolute Gasteiger partial charge is 0.408 e. The van der Waals surface area contributed by atoms with Crippen molar-refractivity contribution in [3.8, 4) is 0 Å². The molecule has 0 aliphatic rings. The number of alkyl carbamates (subject to hydrolysis) is 1. The first kappa shape index (κ1) is 36.9. The molecule has 254 valence electrons. The third kappa shape index (κ3) is 11.4. The van der Waals surface area contributed by atoms with Gasteiger partial charge in [-0.2, -0.15) is 0 Å². The van der Waals surface area contributed by atoms with Gasteiger partial charge in [-0.1, -0.05) is 92.7 Å². The Hall–Kier alpha value is -5.52. The number of hydrogen-bond donors (Lipinski definition) is 4. The highest BCUT2D eigenvalue weighted by atomic mass is 16.5. The van der Waals surface area contributed by atoms with E-state index in [1.54, 1.807) is 100 Å². The SMILES string of the molecule is Cc1cccc(C)c1C(=O)OCC(=O)[C@H](CC(=O)O)NC(=O)[C@H](Cc1ccccc1)NC(=O)[C@@H](NC(=O)OCc1ccccc1)C(C)C. The summed E-state index contributed by atoms with van der Waals surface area (Å²) in [5, 5.41) is 17.1. The third-order valence-corrected chi connectivity index (χ3v) is 7.47. The Morgan fingerprint density at radius 3 is 1.81 bits per heavy atom. The molecule has 4 N–H and O–H groups in total. The molecule has 3 amide bonds. The molecule has 0 bridgehead atoms. The average molecular weight is 660 g/mol. The summed E-state index contributed by atoms with van der Waals surface area (Å²) in [4.78, 5) is 77.2. The van der Waals surface area contributed by atoms with Crippen molar-refractivity contribution in [2.75, 3.05) is 6.61 Å². The van der Waals surface area contributed by atoms with Crippen molar-refractivity contribution in [1.29, 1.82) is 0 Å². The van der Waals surface area contributed by atoms with Crippen LogP contribution < -0.4 is 16.0 Å². The minimum absolute atomic E-state index is 0.0167. The zero-order valence-corrected chi connectivity index (χ0v) is 27.4. The van der Waals surface area contributed by atoms with E-state index in [-0.39, 0.29) is 18.6 Å². The lowest BCUT2D eigenvalue weighted by atomic mass is 10.0. The summed E-state index contributed by atoms with van der Waals surface area (Å²) in [7, 11) is 0. The standard InChI is InChI=1S/C36H41N3O9/c1-22(2)32(39-36(46)48-20-26-16-9-6-10-17-26)34(44)38-28(18-25-14-7-5-8-15-25)33(43)37-27(19-30(41)42)29(40)21-47-35(45)31-23(3)12-11-13-24(31)4/h5-17,22,27-28,32H,18-21H2,1-4H3,(H,37,43)(H,38,44)(H,39,46)(H,41,42)/t27-,28-,32-/m0/s1. The number of rotatable bonds is 16. The molecule has 0 spiro atoms. The maximum Gasteiger partial charge on any atom is 0.408 e. The fourth-order valence-corrected chi connectivity index (χ4v) is 4.89. The van der Waals surface area contributed by atoms with E-state index in [0.717, 1.165) is 5.56 Å². The van der Waals surface area contributed by atoms with E-state index in [1.807, 2.05) is 6.07 Å². The predicted molar refractivity (Wildman–Crippen MR) is 176 cm³/mol. The second kappa shape index (κ2) is 18.0. The van der Waals surface area contributed by atoms with Crippen LogP contribution in [0.5, 0.6) is 0 Å². The van der Waals surface area contributed by atoms with Gasteiger partial charge in [0.2, 0.25) is 11.8 Å². The normalized spacial score (nSPS) is 12.6. The lowest BCUT2D eigenvalue weighted by Crippen LogP contribution is -2.58. The molecule has 12 nitrogen and oxygen atoms in total. The maximum absolute atomic E-state index is 13.6. The number of aliphatic carboxylic acids is 1. The van der Waals surface area contributed by atoms with Crippen LogP contribution >= 0.6 is 0 Å². The number of hydrogen-bond acceptors (Lipinski definition) is 8. The molecule has 12 heteroatoms. The molecule has 3 aromatic carbocycles. The number of ether oxygens (including phenoxy) is 2. The first-order chi connectivity index (χ1) is 22.8. The van der Waals surface area contributed by atoms with Gasteiger partial charge in [-0.05, 0) is 42.0 Å². The van der Waals surface area contributed by atoms with Gasteiger partial charge in [0.15, 0.2) is 12.4 Å². The molecule has 3 rings (SSSR count). The molecule has 0 unspecified atom stereocenters. The molecule has 3 atom stereocenters. The van der Waals surface area contributed by atoms with Crippen molar-refractivity contribution in [3.63, 3.8) is 0 Å². The molecule has 0 saturated carbocycles. The van der Waals surface area contributed by atoms with Crippen molar-refractivity contribution in [1.82, 2.24) is 16.0 Å². The first-order valence-corrected chi connectivity index (χ1v) is 15.5. The number of amides is 3. The third-order valence-electron chi connectivity index (χ3n) is 7.47. The monoisotopic (exact) mass is 659 g/mol. The van der Waals surface area contributed by atoms with Gasteiger partial charge in [0.25, 0.3) is 0 Å². The van der Waals surface area contributed by atoms with E-state index in [9.17, 15) is 33.9 Å². The molecule has 3 aromatic rings. The van der Waals surface area contributed by atoms with Gasteiger partial charge < -0.3 is 30.5 Å². The second-order valence-corrected chi connectivity index (χ2v) is 11.6. The van der Waals surface area contributed by atoms with Crippen molar-refractivity contribution in [2.24, 2.45) is 5.92 Å². The fourth-order valence-electron chi connectivity index (χ4n) is 4.89. The van der Waals surface area contributed by atoms with Crippen LogP contribution in [0.15, 0.2) is 78.9 Å². The lowest BCUT2D eigenvalue weighted by Gasteiger charge is -2.26. The van der Waals surface area contributed by atoms with Crippen LogP contribution in [0.3, 0.4) is 0 Å². The van der Waals surface area contributed by atoms with Gasteiger partial charge in [0.1, 0.15) is 24.7 Å². The van der Waals surface area contributed by atoms with Gasteiger partial charge in [-0.15, -0.1) is 0 Å². The number of aryl methyl sites for hydroxylation is 2. The molecule has 48 heavy (non-hydrogen) atoms. The van der Waals surface area contributed by atoms with Crippen LogP contribution in [-0.4, -0.2) is 65.5 Å². The Labute approximate surface area is 279 Å². The summed E-state index contributed by atoms with van der Waals surface area (Å²) in [5.74, 6) is -4.94. The number of carboxylic acids is 1. The Morgan fingerprint density at radius 1 is 0.688 bits per heavy atom. The molecule has 0 saturated heterocycles. The van der Waals surface area contributed by atoms with Gasteiger partial charge in [0.05, 0.1) is 12.0 Å². The van der Waals surface area contributed by atoms with Crippen LogP contribution in [0.2, 0.25) is 0 Å². The largest absolute Gasteiger partial charge is 0.481 e. The van der Waals surface area contributed by atoms with Crippen molar-refractivity contribution in [2.45, 2.75) is 65.3 Å². The number of Topliss-reactive ketones (excluding diaryl/α,β-unsaturated/α-hetero) is 1. The Bertz CT molecular complexity index is 1570. The number of esters is 1. The van der Waals surface area contributed by atoms with Gasteiger partial charge in [0, 0.05) is 6.42 Å². The molecule has 0 aliphatic carbocycles. The van der Waals surface area contributed by atoms with Crippen LogP contribution in [-0.2, 0) is 41.7 Å². The van der Waals surface area contributed by atoms with Crippen molar-refractivity contribution in [3.05, 3.63) is 107 Å². The highest BCUT2D eigenvalue weighted by Crippen LogP contribution is 2.15. The molecule has 0 aliphatic heterocycles. The lowest BCUT2D eigenvalue weighted by molar-refractivity contribution is -0.141. The number of carbonyl (C=O) groups excluding carboxylic acids is 5. The molecular weight excluding hydrogens is 618 g/mol. The molecule has 0 fully saturated rings. The zero-order valence-electron chi connectivity index (χ0n) is 27.4. The number of nitrogens with one attached hydrogen (secondary N) is 3. The number of benzene rings is 3. The number of carbonyl (C=O) groups is 6. The minimum atomic E-state index is -1.57. The molecule has 0 aromatic heterocycles. The van der Waals surface area contributed by atoms with Gasteiger partial charge >= 0.3 is 18.0 Å². The Balaban J connectivity index is 1.74. The summed E-state index contributed by atoms with van der Waals surface area (Å²) >= 11 is 0. The van der Waals surface area contributed by atoms with E-state index in [2.05, 4.69) is 16.0 Å². The number of ketones is 1. The highest BCUT2D eigenvalue weighted by Gasteiger charge is 2.32. The molecule has 0 radical (unpaired) electrons. The Morgan fingerprint density at radius 2 is 1.25 bits per heavy atom. The summed E-state index contributed by atoms with van der Waals surface area (Å²) in [6, 6.07) is 19.0. The zero-order chi connectivity index (χ0) is 35.2. The topological polar surface area (TPSA) is 177 Å². The summed E-state index contributed by atoms with van der Waals surface area (Å²) in [5.41, 5.74) is 2.98. The molecular formula is C36H41N3O9. The van der Waals surface area contributed by atoms with Gasteiger partial charge in [-0.25, -0.2) is 9.59 Å². The van der Waals surface area contributed by atoms with Crippen LogP contribution in [0.25, 0.3) is 0 Å². The summed E-state index contributed by atoms with van der Waals surface area (Å²) < 4.78 is 10.5. The van der Waals surface area contributed by atoms with Crippen LogP contribution in [0.1, 0.15) is 52.9 Å². The van der Waals surface area contributed by atoms with E-state index in [0.29, 0.717) is 16.7 Å². The van der Waals surface area contributed by atoms with E-state index >= 15 is 0 Å². The Kier molecular flexibility index (Phi) is 13.8. The summed E-state index contributed by atoms with van der Waals surface area (Å²) in [6.07, 6.45) is -1.64. The van der Waals surface area contributed by atoms with E-state index < -0.39 is 72.7 Å². The first-order valence-electron chi connectivity index (χ1n) is 15.5. The van der Waals surface area contributed by atoms with Crippen molar-refractivity contribution < 1.29 is 43.3 Å². The van der Waals surface area contributed by atoms with Crippen LogP contribution in [0.4, 0.5) is 4.79 Å². The molecule has 0 heterocycles.